The van der Waals surface area contributed by atoms with Crippen molar-refractivity contribution >= 4 is 24.3 Å². The molecular formula is C13H23N3O6. The van der Waals surface area contributed by atoms with Crippen molar-refractivity contribution in [1.29, 1.82) is 0 Å². The first-order valence-corrected chi connectivity index (χ1v) is 7.06. The monoisotopic (exact) mass is 317 g/mol. The second kappa shape index (κ2) is 11.5. The van der Waals surface area contributed by atoms with E-state index in [1.807, 2.05) is 0 Å². The van der Waals surface area contributed by atoms with Crippen LogP contribution in [-0.4, -0.2) is 53.1 Å². The van der Waals surface area contributed by atoms with E-state index in [-0.39, 0.29) is 19.3 Å². The maximum atomic E-state index is 11.7. The van der Waals surface area contributed by atoms with Crippen molar-refractivity contribution in [3.63, 3.8) is 0 Å². The van der Waals surface area contributed by atoms with Crippen LogP contribution < -0.4 is 16.4 Å². The molecule has 0 spiro atoms. The lowest BCUT2D eigenvalue weighted by Gasteiger charge is -2.19. The van der Waals surface area contributed by atoms with Gasteiger partial charge in [-0.3, -0.25) is 4.79 Å². The first-order valence-electron chi connectivity index (χ1n) is 7.06. The van der Waals surface area contributed by atoms with E-state index in [2.05, 4.69) is 10.6 Å². The summed E-state index contributed by atoms with van der Waals surface area (Å²) in [6.45, 7) is 0.510. The molecule has 0 aliphatic rings. The lowest BCUT2D eigenvalue weighted by molar-refractivity contribution is -0.140. The summed E-state index contributed by atoms with van der Waals surface area (Å²) < 4.78 is 0. The lowest BCUT2D eigenvalue weighted by atomic mass is 10.1. The number of carboxylic acid groups (broad SMARTS) is 2. The second-order valence-corrected chi connectivity index (χ2v) is 4.82. The minimum Gasteiger partial charge on any atom is -0.481 e. The van der Waals surface area contributed by atoms with E-state index >= 15 is 0 Å². The summed E-state index contributed by atoms with van der Waals surface area (Å²) in [7, 11) is 0. The number of unbranched alkanes of at least 4 members (excludes halogenated alkanes) is 1. The van der Waals surface area contributed by atoms with Gasteiger partial charge in [0, 0.05) is 18.9 Å². The van der Waals surface area contributed by atoms with E-state index in [1.54, 1.807) is 0 Å². The minimum absolute atomic E-state index is 0.116. The average molecular weight is 317 g/mol. The Kier molecular flexibility index (Phi) is 10.4. The number of carbonyl (C=O) groups excluding carboxylic acids is 2. The van der Waals surface area contributed by atoms with Crippen LogP contribution >= 0.6 is 0 Å². The standard InChI is InChI=1S/C13H23N3O6/c14-7-2-1-3-9(6-8-17)15-13(22)16-10(12(20)21)4-5-11(18)19/h8-10H,1-7,14H2,(H,18,19)(H,20,21)(H2,15,16,22). The average Bonchev–Trinajstić information content (AvgIpc) is 2.43. The highest BCUT2D eigenvalue weighted by Gasteiger charge is 2.22. The summed E-state index contributed by atoms with van der Waals surface area (Å²) in [4.78, 5) is 43.7. The Hall–Kier alpha value is -2.16. The number of urea groups is 1. The van der Waals surface area contributed by atoms with Crippen LogP contribution in [0, 0.1) is 0 Å². The van der Waals surface area contributed by atoms with Gasteiger partial charge in [-0.05, 0) is 25.8 Å². The van der Waals surface area contributed by atoms with E-state index in [0.717, 1.165) is 12.8 Å². The quantitative estimate of drug-likeness (QED) is 0.244. The lowest BCUT2D eigenvalue weighted by Crippen LogP contribution is -2.49. The highest BCUT2D eigenvalue weighted by Crippen LogP contribution is 2.04. The van der Waals surface area contributed by atoms with Crippen molar-refractivity contribution in [2.75, 3.05) is 6.54 Å². The largest absolute Gasteiger partial charge is 0.481 e. The fraction of sp³-hybridized carbons (Fsp3) is 0.692. The molecule has 2 unspecified atom stereocenters. The third-order valence-corrected chi connectivity index (χ3v) is 2.97. The molecular weight excluding hydrogens is 294 g/mol. The van der Waals surface area contributed by atoms with Gasteiger partial charge in [0.15, 0.2) is 0 Å². The number of hydrogen-bond acceptors (Lipinski definition) is 5. The molecule has 0 aliphatic heterocycles. The number of aliphatic carboxylic acids is 2. The fourth-order valence-electron chi connectivity index (χ4n) is 1.81. The Morgan fingerprint density at radius 3 is 2.27 bits per heavy atom. The number of carbonyl (C=O) groups is 4. The molecule has 0 saturated heterocycles. The molecule has 9 nitrogen and oxygen atoms in total. The van der Waals surface area contributed by atoms with Crippen LogP contribution in [-0.2, 0) is 14.4 Å². The maximum absolute atomic E-state index is 11.7. The van der Waals surface area contributed by atoms with Gasteiger partial charge in [-0.25, -0.2) is 9.59 Å². The zero-order valence-electron chi connectivity index (χ0n) is 12.3. The van der Waals surface area contributed by atoms with Crippen LogP contribution in [0.15, 0.2) is 0 Å². The van der Waals surface area contributed by atoms with E-state index in [9.17, 15) is 19.2 Å². The van der Waals surface area contributed by atoms with Crippen molar-refractivity contribution in [3.8, 4) is 0 Å². The molecule has 0 heterocycles. The first-order chi connectivity index (χ1) is 10.4. The molecule has 0 fully saturated rings. The van der Waals surface area contributed by atoms with Crippen LogP contribution in [0.3, 0.4) is 0 Å². The molecule has 0 aliphatic carbocycles. The molecule has 0 rings (SSSR count). The Bertz CT molecular complexity index is 388. The molecule has 2 amide bonds. The summed E-state index contributed by atoms with van der Waals surface area (Å²) in [5, 5.41) is 22.2. The Morgan fingerprint density at radius 2 is 1.77 bits per heavy atom. The van der Waals surface area contributed by atoms with Crippen molar-refractivity contribution in [3.05, 3.63) is 0 Å². The molecule has 2 atom stereocenters. The molecule has 0 radical (unpaired) electrons. The highest BCUT2D eigenvalue weighted by molar-refractivity contribution is 5.83. The number of amides is 2. The molecule has 126 valence electrons. The number of nitrogens with one attached hydrogen (secondary N) is 2. The Labute approximate surface area is 128 Å². The van der Waals surface area contributed by atoms with Crippen molar-refractivity contribution in [2.24, 2.45) is 5.73 Å². The van der Waals surface area contributed by atoms with Crippen LogP contribution in [0.5, 0.6) is 0 Å². The topological polar surface area (TPSA) is 159 Å². The zero-order valence-corrected chi connectivity index (χ0v) is 12.3. The highest BCUT2D eigenvalue weighted by atomic mass is 16.4. The zero-order chi connectivity index (χ0) is 17.0. The maximum Gasteiger partial charge on any atom is 0.326 e. The van der Waals surface area contributed by atoms with Crippen LogP contribution in [0.1, 0.15) is 38.5 Å². The molecule has 0 aromatic carbocycles. The normalized spacial score (nSPS) is 13.0. The predicted octanol–water partition coefficient (Wildman–Crippen LogP) is -0.310. The molecule has 9 heteroatoms. The van der Waals surface area contributed by atoms with Gasteiger partial charge < -0.3 is 31.4 Å². The Balaban J connectivity index is 4.40. The summed E-state index contributed by atoms with van der Waals surface area (Å²) in [6.07, 6.45) is 2.24. The van der Waals surface area contributed by atoms with Gasteiger partial charge in [-0.1, -0.05) is 6.42 Å². The molecule has 0 aromatic heterocycles. The number of nitrogens with two attached hydrogens (primary N) is 1. The van der Waals surface area contributed by atoms with Gasteiger partial charge in [0.2, 0.25) is 0 Å². The first kappa shape index (κ1) is 19.8. The summed E-state index contributed by atoms with van der Waals surface area (Å²) in [5.74, 6) is -2.46. The van der Waals surface area contributed by atoms with E-state index in [1.165, 1.54) is 0 Å². The second-order valence-electron chi connectivity index (χ2n) is 4.82. The van der Waals surface area contributed by atoms with Crippen LogP contribution in [0.2, 0.25) is 0 Å². The van der Waals surface area contributed by atoms with E-state index in [0.29, 0.717) is 19.3 Å². The molecule has 0 saturated carbocycles. The van der Waals surface area contributed by atoms with Gasteiger partial charge in [-0.2, -0.15) is 0 Å². The van der Waals surface area contributed by atoms with Gasteiger partial charge in [-0.15, -0.1) is 0 Å². The van der Waals surface area contributed by atoms with Crippen molar-refractivity contribution in [1.82, 2.24) is 10.6 Å². The third-order valence-electron chi connectivity index (χ3n) is 2.97. The molecule has 6 N–H and O–H groups in total. The van der Waals surface area contributed by atoms with E-state index in [4.69, 9.17) is 15.9 Å². The third kappa shape index (κ3) is 9.70. The smallest absolute Gasteiger partial charge is 0.326 e. The summed E-state index contributed by atoms with van der Waals surface area (Å²) in [5.41, 5.74) is 5.36. The predicted molar refractivity (Wildman–Crippen MR) is 77.3 cm³/mol. The minimum atomic E-state index is -1.31. The fourth-order valence-corrected chi connectivity index (χ4v) is 1.81. The summed E-state index contributed by atoms with van der Waals surface area (Å²) in [6, 6.07) is -2.44. The van der Waals surface area contributed by atoms with Crippen molar-refractivity contribution in [2.45, 2.75) is 50.6 Å². The molecule has 22 heavy (non-hydrogen) atoms. The molecule has 0 aromatic rings. The van der Waals surface area contributed by atoms with Crippen LogP contribution in [0.25, 0.3) is 0 Å². The van der Waals surface area contributed by atoms with Gasteiger partial charge >= 0.3 is 18.0 Å². The van der Waals surface area contributed by atoms with Gasteiger partial charge in [0.25, 0.3) is 0 Å². The SMILES string of the molecule is NCCCCC(CC=O)NC(=O)NC(CCC(=O)O)C(=O)O. The number of hydrogen-bond donors (Lipinski definition) is 5. The molecule has 0 bridgehead atoms. The van der Waals surface area contributed by atoms with Gasteiger partial charge in [0.1, 0.15) is 12.3 Å². The number of rotatable bonds is 12. The van der Waals surface area contributed by atoms with E-state index < -0.39 is 30.1 Å². The van der Waals surface area contributed by atoms with Crippen molar-refractivity contribution < 1.29 is 29.4 Å². The van der Waals surface area contributed by atoms with Gasteiger partial charge in [0.05, 0.1) is 0 Å². The summed E-state index contributed by atoms with van der Waals surface area (Å²) >= 11 is 0. The number of aldehydes is 1. The Morgan fingerprint density at radius 1 is 1.09 bits per heavy atom. The van der Waals surface area contributed by atoms with Crippen LogP contribution in [0.4, 0.5) is 4.79 Å². The number of carboxylic acids is 2.